The van der Waals surface area contributed by atoms with Gasteiger partial charge in [-0.25, -0.2) is 0 Å². The van der Waals surface area contributed by atoms with Crippen LogP contribution in [0.2, 0.25) is 0 Å². The van der Waals surface area contributed by atoms with Crippen LogP contribution in [0.3, 0.4) is 0 Å². The number of para-hydroxylation sites is 1. The third-order valence-electron chi connectivity index (χ3n) is 4.24. The molecule has 0 aliphatic carbocycles. The summed E-state index contributed by atoms with van der Waals surface area (Å²) < 4.78 is 4.95. The summed E-state index contributed by atoms with van der Waals surface area (Å²) in [5.41, 5.74) is 2.86. The molecule has 1 N–H and O–H groups in total. The number of anilines is 1. The lowest BCUT2D eigenvalue weighted by atomic mass is 10.1. The van der Waals surface area contributed by atoms with Crippen LogP contribution in [0.4, 0.5) is 5.69 Å². The summed E-state index contributed by atoms with van der Waals surface area (Å²) in [5.74, 6) is -0.374. The zero-order valence-electron chi connectivity index (χ0n) is 15.4. The number of thioether (sulfide) groups is 1. The van der Waals surface area contributed by atoms with Crippen LogP contribution in [0.1, 0.15) is 11.1 Å². The van der Waals surface area contributed by atoms with E-state index in [9.17, 15) is 9.59 Å². The predicted octanol–water partition coefficient (Wildman–Crippen LogP) is 3.24. The zero-order valence-corrected chi connectivity index (χ0v) is 16.2. The highest BCUT2D eigenvalue weighted by atomic mass is 32.2. The van der Waals surface area contributed by atoms with E-state index < -0.39 is 0 Å². The molecule has 3 rings (SSSR count). The number of hydrogen-bond acceptors (Lipinski definition) is 4. The van der Waals surface area contributed by atoms with Gasteiger partial charge < -0.3 is 10.1 Å². The molecule has 5 nitrogen and oxygen atoms in total. The number of methoxy groups -OCH3 is 1. The van der Waals surface area contributed by atoms with E-state index in [-0.39, 0.29) is 18.4 Å². The number of amides is 2. The molecule has 0 saturated carbocycles. The number of aryl methyl sites for hydroxylation is 1. The van der Waals surface area contributed by atoms with E-state index in [1.807, 2.05) is 61.5 Å². The lowest BCUT2D eigenvalue weighted by Gasteiger charge is -2.29. The molecule has 2 aromatic carbocycles. The minimum absolute atomic E-state index is 0.0226. The highest BCUT2D eigenvalue weighted by Gasteiger charge is 2.30. The quantitative estimate of drug-likeness (QED) is 0.616. The van der Waals surface area contributed by atoms with Crippen LogP contribution in [0.25, 0.3) is 6.08 Å². The highest BCUT2D eigenvalue weighted by Crippen LogP contribution is 2.42. The molecule has 2 aromatic rings. The molecule has 0 atom stereocenters. The summed E-state index contributed by atoms with van der Waals surface area (Å²) in [5, 5.41) is 2.77. The number of benzene rings is 2. The van der Waals surface area contributed by atoms with Crippen molar-refractivity contribution in [2.45, 2.75) is 11.8 Å². The molecule has 0 unspecified atom stereocenters. The summed E-state index contributed by atoms with van der Waals surface area (Å²) in [7, 11) is 1.58. The summed E-state index contributed by atoms with van der Waals surface area (Å²) in [6.07, 6.45) is 1.90. The van der Waals surface area contributed by atoms with E-state index in [1.54, 1.807) is 7.11 Å². The number of rotatable bonds is 6. The fourth-order valence-corrected chi connectivity index (χ4v) is 3.85. The van der Waals surface area contributed by atoms with Gasteiger partial charge in [-0.3, -0.25) is 14.5 Å². The molecule has 0 bridgehead atoms. The van der Waals surface area contributed by atoms with Crippen molar-refractivity contribution in [1.29, 1.82) is 0 Å². The molecular weight excluding hydrogens is 360 g/mol. The van der Waals surface area contributed by atoms with Crippen molar-refractivity contribution >= 4 is 35.3 Å². The largest absolute Gasteiger partial charge is 0.383 e. The maximum atomic E-state index is 13.1. The molecular formula is C21H22N2O3S. The zero-order chi connectivity index (χ0) is 19.2. The summed E-state index contributed by atoms with van der Waals surface area (Å²) in [6.45, 7) is 2.84. The fourth-order valence-electron chi connectivity index (χ4n) is 2.80. The SMILES string of the molecule is COCCNC(=O)CN1C(=O)/C(=C/c2ccccc2C)Sc2ccccc21. The van der Waals surface area contributed by atoms with Crippen LogP contribution < -0.4 is 10.2 Å². The topological polar surface area (TPSA) is 58.6 Å². The van der Waals surface area contributed by atoms with Crippen molar-refractivity contribution in [3.05, 3.63) is 64.6 Å². The normalized spacial score (nSPS) is 15.0. The molecule has 1 aliphatic rings. The smallest absolute Gasteiger partial charge is 0.265 e. The Morgan fingerprint density at radius 1 is 1.19 bits per heavy atom. The second-order valence-electron chi connectivity index (χ2n) is 6.17. The fraction of sp³-hybridized carbons (Fsp3) is 0.238. The molecule has 27 heavy (non-hydrogen) atoms. The Kier molecular flexibility index (Phi) is 6.32. The number of nitrogens with one attached hydrogen (secondary N) is 1. The number of nitrogens with zero attached hydrogens (tertiary/aromatic N) is 1. The Balaban J connectivity index is 1.89. The molecule has 0 spiro atoms. The standard InChI is InChI=1S/C21H22N2O3S/c1-15-7-3-4-8-16(15)13-19-21(25)23(14-20(24)22-11-12-26-2)17-9-5-6-10-18(17)27-19/h3-10,13H,11-12,14H2,1-2H3,(H,22,24)/b19-13-. The molecule has 0 fully saturated rings. The first-order valence-corrected chi connectivity index (χ1v) is 9.53. The van der Waals surface area contributed by atoms with Gasteiger partial charge in [0.05, 0.1) is 17.2 Å². The van der Waals surface area contributed by atoms with Gasteiger partial charge in [-0.15, -0.1) is 0 Å². The van der Waals surface area contributed by atoms with Gasteiger partial charge in [0, 0.05) is 18.6 Å². The Hall–Kier alpha value is -2.57. The monoisotopic (exact) mass is 382 g/mol. The average molecular weight is 382 g/mol. The van der Waals surface area contributed by atoms with E-state index in [1.165, 1.54) is 16.7 Å². The Morgan fingerprint density at radius 3 is 2.70 bits per heavy atom. The molecule has 140 valence electrons. The van der Waals surface area contributed by atoms with Gasteiger partial charge in [-0.2, -0.15) is 0 Å². The minimum atomic E-state index is -0.211. The van der Waals surface area contributed by atoms with Crippen LogP contribution in [-0.2, 0) is 14.3 Å². The number of ether oxygens (including phenoxy) is 1. The number of hydrogen-bond donors (Lipinski definition) is 1. The second kappa shape index (κ2) is 8.88. The Bertz CT molecular complexity index is 879. The Labute approximate surface area is 163 Å². The third-order valence-corrected chi connectivity index (χ3v) is 5.31. The summed E-state index contributed by atoms with van der Waals surface area (Å²) in [4.78, 5) is 28.5. The van der Waals surface area contributed by atoms with Crippen molar-refractivity contribution in [1.82, 2.24) is 5.32 Å². The molecule has 1 aliphatic heterocycles. The van der Waals surface area contributed by atoms with Crippen LogP contribution in [-0.4, -0.2) is 38.6 Å². The van der Waals surface area contributed by atoms with Crippen LogP contribution in [0, 0.1) is 6.92 Å². The van der Waals surface area contributed by atoms with E-state index in [2.05, 4.69) is 5.32 Å². The minimum Gasteiger partial charge on any atom is -0.383 e. The van der Waals surface area contributed by atoms with Crippen LogP contribution in [0.5, 0.6) is 0 Å². The average Bonchev–Trinajstić information content (AvgIpc) is 2.67. The van der Waals surface area contributed by atoms with E-state index in [0.717, 1.165) is 21.7 Å². The highest BCUT2D eigenvalue weighted by molar-refractivity contribution is 8.04. The van der Waals surface area contributed by atoms with Crippen molar-refractivity contribution in [3.63, 3.8) is 0 Å². The van der Waals surface area contributed by atoms with Gasteiger partial charge in [-0.05, 0) is 36.3 Å². The van der Waals surface area contributed by atoms with E-state index in [4.69, 9.17) is 4.74 Å². The van der Waals surface area contributed by atoms with Crippen molar-refractivity contribution in [2.75, 3.05) is 31.7 Å². The second-order valence-corrected chi connectivity index (χ2v) is 7.25. The van der Waals surface area contributed by atoms with Crippen molar-refractivity contribution in [3.8, 4) is 0 Å². The van der Waals surface area contributed by atoms with Gasteiger partial charge in [0.15, 0.2) is 0 Å². The maximum Gasteiger partial charge on any atom is 0.265 e. The van der Waals surface area contributed by atoms with Crippen molar-refractivity contribution in [2.24, 2.45) is 0 Å². The molecule has 2 amide bonds. The predicted molar refractivity (Wildman–Crippen MR) is 109 cm³/mol. The molecule has 0 radical (unpaired) electrons. The first kappa shape index (κ1) is 19.2. The van der Waals surface area contributed by atoms with Gasteiger partial charge in [0.25, 0.3) is 5.91 Å². The maximum absolute atomic E-state index is 13.1. The molecule has 0 saturated heterocycles. The molecule has 6 heteroatoms. The lowest BCUT2D eigenvalue weighted by molar-refractivity contribution is -0.122. The van der Waals surface area contributed by atoms with Crippen molar-refractivity contribution < 1.29 is 14.3 Å². The summed E-state index contributed by atoms with van der Waals surface area (Å²) in [6, 6.07) is 15.6. The first-order valence-electron chi connectivity index (χ1n) is 8.72. The number of carbonyl (C=O) groups excluding carboxylic acids is 2. The molecule has 0 aromatic heterocycles. The number of fused-ring (bicyclic) bond motifs is 1. The molecule has 1 heterocycles. The van der Waals surface area contributed by atoms with Gasteiger partial charge in [0.2, 0.25) is 5.91 Å². The van der Waals surface area contributed by atoms with E-state index >= 15 is 0 Å². The van der Waals surface area contributed by atoms with Gasteiger partial charge in [-0.1, -0.05) is 48.2 Å². The van der Waals surface area contributed by atoms with Gasteiger partial charge >= 0.3 is 0 Å². The van der Waals surface area contributed by atoms with Crippen LogP contribution >= 0.6 is 11.8 Å². The summed E-state index contributed by atoms with van der Waals surface area (Å²) >= 11 is 1.44. The lowest BCUT2D eigenvalue weighted by Crippen LogP contribution is -2.43. The van der Waals surface area contributed by atoms with E-state index in [0.29, 0.717) is 18.1 Å². The van der Waals surface area contributed by atoms with Gasteiger partial charge in [0.1, 0.15) is 6.54 Å². The first-order chi connectivity index (χ1) is 13.1. The number of carbonyl (C=O) groups is 2. The Morgan fingerprint density at radius 2 is 1.93 bits per heavy atom. The van der Waals surface area contributed by atoms with Crippen LogP contribution in [0.15, 0.2) is 58.3 Å². The third kappa shape index (κ3) is 4.59.